The molecule has 1 atom stereocenters. The highest BCUT2D eigenvalue weighted by Gasteiger charge is 2.30. The summed E-state index contributed by atoms with van der Waals surface area (Å²) in [5.41, 5.74) is -1.58. The van der Waals surface area contributed by atoms with Crippen molar-refractivity contribution in [3.63, 3.8) is 0 Å². The second-order valence-electron chi connectivity index (χ2n) is 6.18. The first-order valence-electron chi connectivity index (χ1n) is 8.42. The number of benzene rings is 2. The van der Waals surface area contributed by atoms with Crippen molar-refractivity contribution in [3.05, 3.63) is 90.5 Å². The number of likely N-dealkylation sites (N-methyl/N-ethyl adjacent to an activating group) is 1. The molecule has 1 heterocycles. The van der Waals surface area contributed by atoms with Crippen LogP contribution >= 0.6 is 0 Å². The van der Waals surface area contributed by atoms with E-state index in [0.29, 0.717) is 18.2 Å². The molecule has 0 amide bonds. The zero-order valence-electron chi connectivity index (χ0n) is 15.4. The Labute approximate surface area is 165 Å². The monoisotopic (exact) mass is 402 g/mol. The summed E-state index contributed by atoms with van der Waals surface area (Å²) in [6.07, 6.45) is 5.65. The Morgan fingerprint density at radius 3 is 1.93 bits per heavy atom. The molecule has 0 radical (unpaired) electrons. The third-order valence-electron chi connectivity index (χ3n) is 4.29. The standard InChI is InChI=1S/C12H15N.C6H3N3O7/c1-13-10-6-5-9-12(13)11-7-3-2-4-8-11;10-6-4(8(13)14)1-3(7(11)12)2-5(6)9(15)16/h2-8,12H,9-10H2,1H3;1-2,10H. The molecule has 0 bridgehead atoms. The highest BCUT2D eigenvalue weighted by atomic mass is 16.6. The predicted octanol–water partition coefficient (Wildman–Crippen LogP) is 3.74. The fourth-order valence-electron chi connectivity index (χ4n) is 2.81. The summed E-state index contributed by atoms with van der Waals surface area (Å²) < 4.78 is 0. The van der Waals surface area contributed by atoms with Crippen molar-refractivity contribution in [1.82, 2.24) is 4.90 Å². The molecule has 11 heteroatoms. The van der Waals surface area contributed by atoms with Gasteiger partial charge in [0.05, 0.1) is 26.9 Å². The fraction of sp³-hybridized carbons (Fsp3) is 0.222. The first-order valence-corrected chi connectivity index (χ1v) is 8.42. The summed E-state index contributed by atoms with van der Waals surface area (Å²) >= 11 is 0. The third kappa shape index (κ3) is 5.32. The van der Waals surface area contributed by atoms with Crippen LogP contribution in [-0.4, -0.2) is 38.4 Å². The molecule has 1 N–H and O–H groups in total. The van der Waals surface area contributed by atoms with Crippen LogP contribution in [0.25, 0.3) is 0 Å². The molecule has 11 nitrogen and oxygen atoms in total. The average molecular weight is 402 g/mol. The number of non-ortho nitro benzene ring substituents is 1. The van der Waals surface area contributed by atoms with Crippen molar-refractivity contribution < 1.29 is 19.9 Å². The van der Waals surface area contributed by atoms with Gasteiger partial charge < -0.3 is 5.11 Å². The molecule has 3 rings (SSSR count). The van der Waals surface area contributed by atoms with Gasteiger partial charge in [-0.15, -0.1) is 0 Å². The lowest BCUT2D eigenvalue weighted by Gasteiger charge is -2.29. The number of nitrogens with zero attached hydrogens (tertiary/aromatic N) is 4. The van der Waals surface area contributed by atoms with Gasteiger partial charge in [0.25, 0.3) is 11.4 Å². The molecule has 2 aromatic carbocycles. The zero-order valence-corrected chi connectivity index (χ0v) is 15.4. The SMILES string of the molecule is CN1CC=CCC1c1ccccc1.O=[N+]([O-])c1cc([N+](=O)[O-])c(O)c([N+](=O)[O-])c1. The molecule has 29 heavy (non-hydrogen) atoms. The third-order valence-corrected chi connectivity index (χ3v) is 4.29. The van der Waals surface area contributed by atoms with Crippen molar-refractivity contribution in [2.24, 2.45) is 0 Å². The number of hydrogen-bond acceptors (Lipinski definition) is 8. The van der Waals surface area contributed by atoms with E-state index < -0.39 is 37.6 Å². The lowest BCUT2D eigenvalue weighted by Crippen LogP contribution is -2.26. The highest BCUT2D eigenvalue weighted by Crippen LogP contribution is 2.38. The van der Waals surface area contributed by atoms with Crippen LogP contribution in [0.2, 0.25) is 0 Å². The van der Waals surface area contributed by atoms with Crippen molar-refractivity contribution >= 4 is 17.1 Å². The van der Waals surface area contributed by atoms with Crippen LogP contribution in [0.5, 0.6) is 5.75 Å². The number of rotatable bonds is 4. The molecule has 0 saturated heterocycles. The quantitative estimate of drug-likeness (QED) is 0.461. The van der Waals surface area contributed by atoms with E-state index in [-0.39, 0.29) is 0 Å². The van der Waals surface area contributed by atoms with Gasteiger partial charge in [-0.25, -0.2) is 0 Å². The molecule has 152 valence electrons. The van der Waals surface area contributed by atoms with Crippen LogP contribution in [0, 0.1) is 30.3 Å². The number of phenolic OH excluding ortho intramolecular Hbond substituents is 1. The minimum atomic E-state index is -1.21. The van der Waals surface area contributed by atoms with Gasteiger partial charge in [-0.2, -0.15) is 0 Å². The summed E-state index contributed by atoms with van der Waals surface area (Å²) in [6.45, 7) is 1.07. The lowest BCUT2D eigenvalue weighted by atomic mass is 10.00. The van der Waals surface area contributed by atoms with Crippen LogP contribution in [-0.2, 0) is 0 Å². The zero-order chi connectivity index (χ0) is 21.6. The fourth-order valence-corrected chi connectivity index (χ4v) is 2.81. The number of aromatic hydroxyl groups is 1. The van der Waals surface area contributed by atoms with Crippen LogP contribution in [0.3, 0.4) is 0 Å². The van der Waals surface area contributed by atoms with E-state index in [0.717, 1.165) is 13.0 Å². The van der Waals surface area contributed by atoms with Gasteiger partial charge in [0.1, 0.15) is 0 Å². The Morgan fingerprint density at radius 1 is 0.931 bits per heavy atom. The maximum atomic E-state index is 10.4. The molecule has 0 aliphatic carbocycles. The largest absolute Gasteiger partial charge is 0.497 e. The maximum Gasteiger partial charge on any atom is 0.324 e. The van der Waals surface area contributed by atoms with Gasteiger partial charge in [-0.3, -0.25) is 35.2 Å². The Kier molecular flexibility index (Phi) is 6.93. The van der Waals surface area contributed by atoms with Gasteiger partial charge in [0.15, 0.2) is 0 Å². The van der Waals surface area contributed by atoms with E-state index in [1.54, 1.807) is 0 Å². The van der Waals surface area contributed by atoms with E-state index in [9.17, 15) is 30.3 Å². The Hall–Kier alpha value is -3.86. The van der Waals surface area contributed by atoms with Crippen LogP contribution < -0.4 is 0 Å². The maximum absolute atomic E-state index is 10.4. The average Bonchev–Trinajstić information content (AvgIpc) is 2.69. The summed E-state index contributed by atoms with van der Waals surface area (Å²) in [7, 11) is 2.18. The van der Waals surface area contributed by atoms with E-state index in [4.69, 9.17) is 5.11 Å². The topological polar surface area (TPSA) is 153 Å². The molecule has 1 aliphatic rings. The number of hydrogen-bond donors (Lipinski definition) is 1. The lowest BCUT2D eigenvalue weighted by molar-refractivity contribution is -0.404. The van der Waals surface area contributed by atoms with Gasteiger partial charge in [-0.1, -0.05) is 42.5 Å². The second kappa shape index (κ2) is 9.37. The summed E-state index contributed by atoms with van der Waals surface area (Å²) in [5, 5.41) is 40.2. The predicted molar refractivity (Wildman–Crippen MR) is 104 cm³/mol. The summed E-state index contributed by atoms with van der Waals surface area (Å²) in [5.74, 6) is -1.21. The van der Waals surface area contributed by atoms with E-state index >= 15 is 0 Å². The molecule has 0 saturated carbocycles. The van der Waals surface area contributed by atoms with Crippen LogP contribution in [0.4, 0.5) is 17.1 Å². The van der Waals surface area contributed by atoms with E-state index in [1.165, 1.54) is 5.56 Å². The Morgan fingerprint density at radius 2 is 1.48 bits per heavy atom. The molecule has 1 aliphatic heterocycles. The van der Waals surface area contributed by atoms with Gasteiger partial charge in [-0.05, 0) is 19.0 Å². The van der Waals surface area contributed by atoms with Crippen molar-refractivity contribution in [2.75, 3.05) is 13.6 Å². The number of phenols is 1. The Bertz CT molecular complexity index is 911. The van der Waals surface area contributed by atoms with Crippen LogP contribution in [0.15, 0.2) is 54.6 Å². The van der Waals surface area contributed by atoms with Crippen molar-refractivity contribution in [2.45, 2.75) is 12.5 Å². The molecular formula is C18H18N4O7. The molecule has 1 unspecified atom stereocenters. The molecule has 0 aromatic heterocycles. The first-order chi connectivity index (χ1) is 13.7. The number of nitro groups is 3. The van der Waals surface area contributed by atoms with E-state index in [1.807, 2.05) is 0 Å². The minimum Gasteiger partial charge on any atom is -0.497 e. The molecule has 2 aromatic rings. The Balaban J connectivity index is 0.000000211. The second-order valence-corrected chi connectivity index (χ2v) is 6.18. The number of nitro benzene ring substituents is 3. The smallest absolute Gasteiger partial charge is 0.324 e. The summed E-state index contributed by atoms with van der Waals surface area (Å²) in [6, 6.07) is 12.2. The molecule has 0 fully saturated rings. The van der Waals surface area contributed by atoms with Crippen LogP contribution in [0.1, 0.15) is 18.0 Å². The summed E-state index contributed by atoms with van der Waals surface area (Å²) in [4.78, 5) is 30.2. The van der Waals surface area contributed by atoms with Crippen molar-refractivity contribution in [3.8, 4) is 5.75 Å². The molecule has 0 spiro atoms. The van der Waals surface area contributed by atoms with E-state index in [2.05, 4.69) is 54.4 Å². The van der Waals surface area contributed by atoms with Crippen molar-refractivity contribution in [1.29, 1.82) is 0 Å². The van der Waals surface area contributed by atoms with Gasteiger partial charge >= 0.3 is 11.4 Å². The highest BCUT2D eigenvalue weighted by molar-refractivity contribution is 5.64. The molecular weight excluding hydrogens is 384 g/mol. The first kappa shape index (κ1) is 21.4. The minimum absolute atomic E-state index is 0.447. The van der Waals surface area contributed by atoms with Gasteiger partial charge in [0, 0.05) is 12.6 Å². The van der Waals surface area contributed by atoms with Gasteiger partial charge in [0.2, 0.25) is 0 Å². The normalized spacial score (nSPS) is 15.8.